The maximum Gasteiger partial charge on any atom is 0.452 e. The number of halogens is 5. The van der Waals surface area contributed by atoms with Crippen LogP contribution in [0.4, 0.5) is 27.1 Å². The second kappa shape index (κ2) is 5.08. The molecule has 0 saturated carbocycles. The van der Waals surface area contributed by atoms with E-state index in [1.807, 2.05) is 0 Å². The zero-order valence-electron chi connectivity index (χ0n) is 9.13. The summed E-state index contributed by atoms with van der Waals surface area (Å²) in [6.07, 6.45) is -4.62. The molecular weight excluding hydrogens is 289 g/mol. The highest BCUT2D eigenvalue weighted by Crippen LogP contribution is 2.29. The Morgan fingerprint density at radius 3 is 2.58 bits per heavy atom. The molecule has 0 aliphatic rings. The molecule has 2 aromatic rings. The molecule has 1 N–H and O–H groups in total. The van der Waals surface area contributed by atoms with Gasteiger partial charge in [0.25, 0.3) is 0 Å². The van der Waals surface area contributed by atoms with Gasteiger partial charge in [-0.05, 0) is 18.2 Å². The lowest BCUT2D eigenvalue weighted by Crippen LogP contribution is -2.08. The van der Waals surface area contributed by atoms with Crippen LogP contribution in [-0.2, 0) is 12.7 Å². The molecule has 1 aromatic carbocycles. The molecule has 0 fully saturated rings. The van der Waals surface area contributed by atoms with Crippen LogP contribution in [0.2, 0.25) is 0 Å². The number of nitrogens with zero attached hydrogens (tertiary/aromatic N) is 2. The Morgan fingerprint density at radius 1 is 1.21 bits per heavy atom. The summed E-state index contributed by atoms with van der Waals surface area (Å²) in [5.41, 5.74) is -0.0104. The van der Waals surface area contributed by atoms with Crippen LogP contribution in [0.5, 0.6) is 0 Å². The predicted molar refractivity (Wildman–Crippen MR) is 58.6 cm³/mol. The Morgan fingerprint density at radius 2 is 1.95 bits per heavy atom. The fourth-order valence-corrected chi connectivity index (χ4v) is 1.84. The molecule has 0 amide bonds. The lowest BCUT2D eigenvalue weighted by Gasteiger charge is -2.04. The first kappa shape index (κ1) is 13.7. The number of hydrogen-bond acceptors (Lipinski definition) is 4. The number of rotatable bonds is 3. The minimum absolute atomic E-state index is 0.0104. The zero-order chi connectivity index (χ0) is 14.0. The van der Waals surface area contributed by atoms with Crippen molar-refractivity contribution in [3.05, 3.63) is 41.2 Å². The lowest BCUT2D eigenvalue weighted by atomic mass is 10.2. The summed E-state index contributed by atoms with van der Waals surface area (Å²) in [5, 5.41) is 2.34. The summed E-state index contributed by atoms with van der Waals surface area (Å²) in [6.45, 7) is -0.184. The summed E-state index contributed by atoms with van der Waals surface area (Å²) < 4.78 is 65.9. The van der Waals surface area contributed by atoms with Gasteiger partial charge in [0, 0.05) is 23.6 Å². The van der Waals surface area contributed by atoms with Crippen molar-refractivity contribution in [3.63, 3.8) is 0 Å². The largest absolute Gasteiger partial charge is 0.452 e. The van der Waals surface area contributed by atoms with Crippen molar-refractivity contribution in [1.29, 1.82) is 0 Å². The molecule has 0 unspecified atom stereocenters. The van der Waals surface area contributed by atoms with Crippen molar-refractivity contribution >= 4 is 16.7 Å². The van der Waals surface area contributed by atoms with Crippen molar-refractivity contribution in [2.45, 2.75) is 12.7 Å². The van der Waals surface area contributed by atoms with Crippen LogP contribution in [0.15, 0.2) is 18.2 Å². The first-order valence-corrected chi connectivity index (χ1v) is 5.72. The highest BCUT2D eigenvalue weighted by Gasteiger charge is 2.36. The van der Waals surface area contributed by atoms with Crippen LogP contribution in [0.3, 0.4) is 0 Å². The standard InChI is InChI=1S/C10H6F5N3S/c11-6-1-2-7(12)5(3-6)4-16-9-17-8(18-19-9)10(13,14)15/h1-3H,4H2,(H,16,17,18). The molecule has 1 aromatic heterocycles. The van der Waals surface area contributed by atoms with E-state index in [0.717, 1.165) is 18.2 Å². The number of benzene rings is 1. The van der Waals surface area contributed by atoms with Crippen molar-refractivity contribution in [2.24, 2.45) is 0 Å². The summed E-state index contributed by atoms with van der Waals surface area (Å²) in [5.74, 6) is -2.55. The Hall–Kier alpha value is -1.77. The normalized spacial score (nSPS) is 11.6. The number of hydrogen-bond donors (Lipinski definition) is 1. The minimum atomic E-state index is -4.62. The molecule has 102 valence electrons. The Balaban J connectivity index is 2.06. The van der Waals surface area contributed by atoms with Crippen molar-refractivity contribution < 1.29 is 22.0 Å². The van der Waals surface area contributed by atoms with E-state index < -0.39 is 23.6 Å². The molecule has 0 aliphatic carbocycles. The average molecular weight is 295 g/mol. The average Bonchev–Trinajstić information content (AvgIpc) is 2.79. The van der Waals surface area contributed by atoms with Gasteiger partial charge < -0.3 is 5.32 Å². The first-order chi connectivity index (χ1) is 8.86. The topological polar surface area (TPSA) is 37.8 Å². The van der Waals surface area contributed by atoms with Crippen LogP contribution in [0.25, 0.3) is 0 Å². The molecule has 0 radical (unpaired) electrons. The molecule has 3 nitrogen and oxygen atoms in total. The first-order valence-electron chi connectivity index (χ1n) is 4.95. The number of aromatic nitrogens is 2. The van der Waals surface area contributed by atoms with Gasteiger partial charge in [-0.25, -0.2) is 8.78 Å². The fourth-order valence-electron chi connectivity index (χ4n) is 1.26. The molecule has 0 bridgehead atoms. The van der Waals surface area contributed by atoms with Crippen molar-refractivity contribution in [3.8, 4) is 0 Å². The fraction of sp³-hybridized carbons (Fsp3) is 0.200. The molecule has 9 heteroatoms. The summed E-state index contributed by atoms with van der Waals surface area (Å²) >= 11 is 0.497. The maximum atomic E-state index is 13.2. The van der Waals surface area contributed by atoms with E-state index in [1.54, 1.807) is 0 Å². The molecule has 0 aliphatic heterocycles. The third-order valence-corrected chi connectivity index (χ3v) is 2.79. The lowest BCUT2D eigenvalue weighted by molar-refractivity contribution is -0.144. The predicted octanol–water partition coefficient (Wildman–Crippen LogP) is 3.45. The van der Waals surface area contributed by atoms with Gasteiger partial charge in [-0.3, -0.25) is 0 Å². The molecule has 2 rings (SSSR count). The number of anilines is 1. The van der Waals surface area contributed by atoms with Gasteiger partial charge in [0.2, 0.25) is 11.0 Å². The van der Waals surface area contributed by atoms with Gasteiger partial charge in [0.05, 0.1) is 0 Å². The van der Waals surface area contributed by atoms with Gasteiger partial charge >= 0.3 is 6.18 Å². The van der Waals surface area contributed by atoms with E-state index in [-0.39, 0.29) is 17.2 Å². The minimum Gasteiger partial charge on any atom is -0.356 e. The van der Waals surface area contributed by atoms with Crippen LogP contribution in [0.1, 0.15) is 11.4 Å². The van der Waals surface area contributed by atoms with Gasteiger partial charge in [0.1, 0.15) is 11.6 Å². The molecule has 0 atom stereocenters. The van der Waals surface area contributed by atoms with Crippen LogP contribution < -0.4 is 5.32 Å². The molecule has 1 heterocycles. The smallest absolute Gasteiger partial charge is 0.356 e. The van der Waals surface area contributed by atoms with Gasteiger partial charge in [-0.1, -0.05) is 0 Å². The summed E-state index contributed by atoms with van der Waals surface area (Å²) in [7, 11) is 0. The Labute approximate surface area is 108 Å². The van der Waals surface area contributed by atoms with Crippen molar-refractivity contribution in [2.75, 3.05) is 5.32 Å². The van der Waals surface area contributed by atoms with Crippen LogP contribution in [0, 0.1) is 11.6 Å². The van der Waals surface area contributed by atoms with E-state index in [4.69, 9.17) is 0 Å². The van der Waals surface area contributed by atoms with Gasteiger partial charge in [-0.15, -0.1) is 0 Å². The van der Waals surface area contributed by atoms with Crippen molar-refractivity contribution in [1.82, 2.24) is 9.36 Å². The third-order valence-electron chi connectivity index (χ3n) is 2.12. The zero-order valence-corrected chi connectivity index (χ0v) is 9.95. The second-order valence-corrected chi connectivity index (χ2v) is 4.26. The molecule has 0 spiro atoms. The van der Waals surface area contributed by atoms with E-state index >= 15 is 0 Å². The van der Waals surface area contributed by atoms with E-state index in [0.29, 0.717) is 11.5 Å². The van der Waals surface area contributed by atoms with Crippen LogP contribution in [-0.4, -0.2) is 9.36 Å². The SMILES string of the molecule is Fc1ccc(F)c(CNc2nc(C(F)(F)F)ns2)c1. The van der Waals surface area contributed by atoms with E-state index in [1.165, 1.54) is 0 Å². The van der Waals surface area contributed by atoms with E-state index in [2.05, 4.69) is 14.7 Å². The Bertz CT molecular complexity index is 581. The van der Waals surface area contributed by atoms with Crippen LogP contribution >= 0.6 is 11.5 Å². The molecule has 19 heavy (non-hydrogen) atoms. The molecular formula is C10H6F5N3S. The van der Waals surface area contributed by atoms with E-state index in [9.17, 15) is 22.0 Å². The quantitative estimate of drug-likeness (QED) is 0.881. The Kier molecular flexibility index (Phi) is 3.65. The highest BCUT2D eigenvalue weighted by molar-refractivity contribution is 7.09. The monoisotopic (exact) mass is 295 g/mol. The third kappa shape index (κ3) is 3.37. The molecule has 0 saturated heterocycles. The number of alkyl halides is 3. The number of nitrogens with one attached hydrogen (secondary N) is 1. The van der Waals surface area contributed by atoms with Gasteiger partial charge in [0.15, 0.2) is 0 Å². The summed E-state index contributed by atoms with van der Waals surface area (Å²) in [4.78, 5) is 3.20. The van der Waals surface area contributed by atoms with Gasteiger partial charge in [-0.2, -0.15) is 22.5 Å². The highest BCUT2D eigenvalue weighted by atomic mass is 32.1. The maximum absolute atomic E-state index is 13.2. The second-order valence-electron chi connectivity index (χ2n) is 3.51. The summed E-state index contributed by atoms with van der Waals surface area (Å²) in [6, 6.07) is 2.84.